The van der Waals surface area contributed by atoms with Crippen LogP contribution in [0.5, 0.6) is 0 Å². The van der Waals surface area contributed by atoms with Gasteiger partial charge in [0.15, 0.2) is 0 Å². The fraction of sp³-hybridized carbons (Fsp3) is 0.111. The Hall–Kier alpha value is -1.57. The lowest BCUT2D eigenvalue weighted by Gasteiger charge is -2.16. The standard InChI is InChI=1S/C18H17ClSi/c1-20(2)18-16-6-4-3-5-13(16)9-12-17(18)14-7-10-15(19)11-8-14/h3-12,20H,1-2H3. The van der Waals surface area contributed by atoms with Crippen molar-refractivity contribution < 1.29 is 0 Å². The minimum Gasteiger partial charge on any atom is -0.0843 e. The average Bonchev–Trinajstić information content (AvgIpc) is 2.46. The lowest BCUT2D eigenvalue weighted by atomic mass is 10.0. The van der Waals surface area contributed by atoms with Gasteiger partial charge in [0.2, 0.25) is 0 Å². The summed E-state index contributed by atoms with van der Waals surface area (Å²) in [5, 5.41) is 5.08. The number of hydrogen-bond donors (Lipinski definition) is 0. The van der Waals surface area contributed by atoms with Gasteiger partial charge in [-0.3, -0.25) is 0 Å². The van der Waals surface area contributed by atoms with Crippen LogP contribution in [0.2, 0.25) is 18.1 Å². The number of halogens is 1. The second-order valence-corrected chi connectivity index (χ2v) is 8.73. The summed E-state index contributed by atoms with van der Waals surface area (Å²) in [4.78, 5) is 0. The Morgan fingerprint density at radius 1 is 0.800 bits per heavy atom. The lowest BCUT2D eigenvalue weighted by Crippen LogP contribution is -2.25. The molecule has 20 heavy (non-hydrogen) atoms. The molecule has 0 aliphatic rings. The van der Waals surface area contributed by atoms with E-state index in [4.69, 9.17) is 11.6 Å². The molecule has 0 bridgehead atoms. The Kier molecular flexibility index (Phi) is 3.64. The first-order chi connectivity index (χ1) is 9.66. The van der Waals surface area contributed by atoms with E-state index in [0.29, 0.717) is 0 Å². The van der Waals surface area contributed by atoms with Gasteiger partial charge in [-0.25, -0.2) is 0 Å². The molecule has 0 radical (unpaired) electrons. The Labute approximate surface area is 126 Å². The molecule has 0 amide bonds. The van der Waals surface area contributed by atoms with Crippen LogP contribution in [0.3, 0.4) is 0 Å². The highest BCUT2D eigenvalue weighted by atomic mass is 35.5. The maximum Gasteiger partial charge on any atom is 0.0663 e. The first kappa shape index (κ1) is 13.4. The molecule has 3 aromatic carbocycles. The molecule has 0 aromatic heterocycles. The summed E-state index contributed by atoms with van der Waals surface area (Å²) >= 11 is 6.01. The fourth-order valence-electron chi connectivity index (χ4n) is 2.80. The highest BCUT2D eigenvalue weighted by molar-refractivity contribution is 6.74. The van der Waals surface area contributed by atoms with Gasteiger partial charge in [-0.05, 0) is 39.2 Å². The molecule has 0 saturated carbocycles. The highest BCUT2D eigenvalue weighted by Gasteiger charge is 2.13. The SMILES string of the molecule is C[SiH](C)c1c(-c2ccc(Cl)cc2)ccc2ccccc12. The van der Waals surface area contributed by atoms with Crippen molar-refractivity contribution in [3.8, 4) is 11.1 Å². The van der Waals surface area contributed by atoms with Crippen LogP contribution in [0.15, 0.2) is 60.7 Å². The first-order valence-electron chi connectivity index (χ1n) is 6.94. The zero-order valence-electron chi connectivity index (χ0n) is 11.7. The summed E-state index contributed by atoms with van der Waals surface area (Å²) in [7, 11) is -0.933. The van der Waals surface area contributed by atoms with E-state index in [1.807, 2.05) is 12.1 Å². The van der Waals surface area contributed by atoms with Gasteiger partial charge in [-0.2, -0.15) is 0 Å². The van der Waals surface area contributed by atoms with E-state index >= 15 is 0 Å². The van der Waals surface area contributed by atoms with Crippen molar-refractivity contribution in [3.63, 3.8) is 0 Å². The van der Waals surface area contributed by atoms with Crippen molar-refractivity contribution in [2.45, 2.75) is 13.1 Å². The minimum atomic E-state index is -0.933. The molecule has 0 aliphatic carbocycles. The number of benzene rings is 3. The zero-order chi connectivity index (χ0) is 14.1. The molecule has 3 rings (SSSR count). The van der Waals surface area contributed by atoms with Gasteiger partial charge in [-0.1, -0.05) is 73.2 Å². The van der Waals surface area contributed by atoms with Crippen LogP contribution in [0.4, 0.5) is 0 Å². The van der Waals surface area contributed by atoms with Crippen LogP contribution in [-0.2, 0) is 0 Å². The van der Waals surface area contributed by atoms with Crippen LogP contribution < -0.4 is 5.19 Å². The molecule has 0 nitrogen and oxygen atoms in total. The van der Waals surface area contributed by atoms with Gasteiger partial charge in [0, 0.05) is 5.02 Å². The van der Waals surface area contributed by atoms with Crippen LogP contribution in [-0.4, -0.2) is 8.80 Å². The van der Waals surface area contributed by atoms with Crippen molar-refractivity contribution in [1.29, 1.82) is 0 Å². The molecule has 0 atom stereocenters. The number of rotatable bonds is 2. The Morgan fingerprint density at radius 2 is 1.50 bits per heavy atom. The molecule has 0 fully saturated rings. The van der Waals surface area contributed by atoms with Gasteiger partial charge >= 0.3 is 0 Å². The van der Waals surface area contributed by atoms with Crippen LogP contribution in [0.25, 0.3) is 21.9 Å². The molecular formula is C18H17ClSi. The maximum atomic E-state index is 6.01. The summed E-state index contributed by atoms with van der Waals surface area (Å²) in [6.07, 6.45) is 0. The van der Waals surface area contributed by atoms with Crippen molar-refractivity contribution in [2.24, 2.45) is 0 Å². The predicted octanol–water partition coefficient (Wildman–Crippen LogP) is 4.85. The average molecular weight is 297 g/mol. The van der Waals surface area contributed by atoms with Crippen molar-refractivity contribution in [3.05, 3.63) is 65.7 Å². The second-order valence-electron chi connectivity index (χ2n) is 5.41. The highest BCUT2D eigenvalue weighted by Crippen LogP contribution is 2.24. The van der Waals surface area contributed by atoms with Crippen molar-refractivity contribution >= 4 is 36.4 Å². The molecule has 3 aromatic rings. The van der Waals surface area contributed by atoms with E-state index in [0.717, 1.165) is 5.02 Å². The van der Waals surface area contributed by atoms with Crippen molar-refractivity contribution in [1.82, 2.24) is 0 Å². The number of hydrogen-bond acceptors (Lipinski definition) is 0. The van der Waals surface area contributed by atoms with Crippen LogP contribution in [0, 0.1) is 0 Å². The third-order valence-corrected chi connectivity index (χ3v) is 5.73. The van der Waals surface area contributed by atoms with Gasteiger partial charge in [0.1, 0.15) is 0 Å². The summed E-state index contributed by atoms with van der Waals surface area (Å²) in [6.45, 7) is 4.78. The molecule has 0 N–H and O–H groups in total. The largest absolute Gasteiger partial charge is 0.0843 e. The van der Waals surface area contributed by atoms with E-state index < -0.39 is 8.80 Å². The number of fused-ring (bicyclic) bond motifs is 1. The molecule has 0 saturated heterocycles. The third-order valence-electron chi connectivity index (χ3n) is 3.70. The van der Waals surface area contributed by atoms with Crippen LogP contribution >= 0.6 is 11.6 Å². The molecule has 0 aliphatic heterocycles. The smallest absolute Gasteiger partial charge is 0.0663 e. The Morgan fingerprint density at radius 3 is 2.20 bits per heavy atom. The molecule has 0 heterocycles. The van der Waals surface area contributed by atoms with E-state index in [9.17, 15) is 0 Å². The third kappa shape index (κ3) is 2.39. The van der Waals surface area contributed by atoms with Gasteiger partial charge in [0.25, 0.3) is 0 Å². The van der Waals surface area contributed by atoms with Crippen LogP contribution in [0.1, 0.15) is 0 Å². The molecular weight excluding hydrogens is 280 g/mol. The summed E-state index contributed by atoms with van der Waals surface area (Å²) in [5.74, 6) is 0. The van der Waals surface area contributed by atoms with E-state index in [1.165, 1.54) is 21.9 Å². The minimum absolute atomic E-state index is 0.790. The zero-order valence-corrected chi connectivity index (χ0v) is 13.6. The lowest BCUT2D eigenvalue weighted by molar-refractivity contribution is 1.65. The monoisotopic (exact) mass is 296 g/mol. The normalized spacial score (nSPS) is 11.2. The fourth-order valence-corrected chi connectivity index (χ4v) is 4.69. The van der Waals surface area contributed by atoms with E-state index in [2.05, 4.69) is 61.6 Å². The summed E-state index contributed by atoms with van der Waals surface area (Å²) in [6, 6.07) is 21.3. The van der Waals surface area contributed by atoms with Gasteiger partial charge in [-0.15, -0.1) is 0 Å². The first-order valence-corrected chi connectivity index (χ1v) is 10.2. The maximum absolute atomic E-state index is 6.01. The van der Waals surface area contributed by atoms with E-state index in [1.54, 1.807) is 5.19 Å². The van der Waals surface area contributed by atoms with Gasteiger partial charge < -0.3 is 0 Å². The molecule has 0 unspecified atom stereocenters. The summed E-state index contributed by atoms with van der Waals surface area (Å²) < 4.78 is 0. The van der Waals surface area contributed by atoms with Gasteiger partial charge in [0.05, 0.1) is 8.80 Å². The quantitative estimate of drug-likeness (QED) is 0.593. The molecule has 100 valence electrons. The van der Waals surface area contributed by atoms with E-state index in [-0.39, 0.29) is 0 Å². The summed E-state index contributed by atoms with van der Waals surface area (Å²) in [5.41, 5.74) is 2.62. The molecule has 2 heteroatoms. The van der Waals surface area contributed by atoms with Crippen molar-refractivity contribution in [2.75, 3.05) is 0 Å². The predicted molar refractivity (Wildman–Crippen MR) is 92.9 cm³/mol. The Balaban J connectivity index is 2.30. The Bertz CT molecular complexity index is 745. The molecule has 0 spiro atoms. The topological polar surface area (TPSA) is 0 Å². The second kappa shape index (κ2) is 5.43.